The van der Waals surface area contributed by atoms with E-state index in [-0.39, 0.29) is 16.0 Å². The number of fused-ring (bicyclic) bond motifs is 1. The molecule has 3 rings (SSSR count). The van der Waals surface area contributed by atoms with Gasteiger partial charge < -0.3 is 5.73 Å². The van der Waals surface area contributed by atoms with Crippen LogP contribution in [0.1, 0.15) is 0 Å². The zero-order valence-corrected chi connectivity index (χ0v) is 13.0. The molecular weight excluding hydrogens is 368 g/mol. The molecule has 0 radical (unpaired) electrons. The third-order valence-electron chi connectivity index (χ3n) is 2.85. The van der Waals surface area contributed by atoms with Crippen LogP contribution in [-0.2, 0) is 0 Å². The van der Waals surface area contributed by atoms with Gasteiger partial charge in [-0.3, -0.25) is 4.57 Å². The van der Waals surface area contributed by atoms with Gasteiger partial charge in [-0.05, 0) is 30.3 Å². The van der Waals surface area contributed by atoms with Crippen LogP contribution in [0.25, 0.3) is 16.7 Å². The summed E-state index contributed by atoms with van der Waals surface area (Å²) in [7, 11) is 0. The number of imidazole rings is 1. The zero-order valence-electron chi connectivity index (χ0n) is 9.87. The fourth-order valence-corrected chi connectivity index (χ4v) is 3.03. The molecule has 20 heavy (non-hydrogen) atoms. The maximum atomic E-state index is 13.3. The fourth-order valence-electron chi connectivity index (χ4n) is 2.06. The van der Waals surface area contributed by atoms with Gasteiger partial charge in [0.15, 0.2) is 0 Å². The average Bonchev–Trinajstić information content (AvgIpc) is 2.64. The lowest BCUT2D eigenvalue weighted by Gasteiger charge is -2.11. The Morgan fingerprint density at radius 3 is 2.45 bits per heavy atom. The molecule has 0 aliphatic rings. The highest BCUT2D eigenvalue weighted by Gasteiger charge is 2.17. The smallest absolute Gasteiger partial charge is 0.206 e. The van der Waals surface area contributed by atoms with Crippen LogP contribution < -0.4 is 5.73 Å². The predicted octanol–water partition coefficient (Wildman–Crippen LogP) is 4.82. The summed E-state index contributed by atoms with van der Waals surface area (Å²) >= 11 is 15.6. The van der Waals surface area contributed by atoms with Crippen LogP contribution in [0.2, 0.25) is 10.0 Å². The molecule has 1 aromatic heterocycles. The maximum absolute atomic E-state index is 13.3. The van der Waals surface area contributed by atoms with Gasteiger partial charge in [0.1, 0.15) is 5.82 Å². The molecule has 1 heterocycles. The van der Waals surface area contributed by atoms with Crippen molar-refractivity contribution in [3.63, 3.8) is 0 Å². The van der Waals surface area contributed by atoms with Crippen molar-refractivity contribution in [2.45, 2.75) is 0 Å². The SMILES string of the molecule is Nc1nc2cc(Br)ccc2n1-c1c(Cl)cc(F)cc1Cl. The Hall–Kier alpha value is -1.30. The first-order chi connectivity index (χ1) is 9.47. The van der Waals surface area contributed by atoms with Gasteiger partial charge in [-0.2, -0.15) is 0 Å². The summed E-state index contributed by atoms with van der Waals surface area (Å²) in [5, 5.41) is 0.341. The van der Waals surface area contributed by atoms with Gasteiger partial charge in [0.2, 0.25) is 5.95 Å². The number of anilines is 1. The van der Waals surface area contributed by atoms with E-state index >= 15 is 0 Å². The first-order valence-corrected chi connectivity index (χ1v) is 7.10. The number of hydrogen-bond donors (Lipinski definition) is 1. The Kier molecular flexibility index (Phi) is 3.36. The number of nitrogen functional groups attached to an aromatic ring is 1. The normalized spacial score (nSPS) is 11.2. The molecule has 2 aromatic carbocycles. The summed E-state index contributed by atoms with van der Waals surface area (Å²) < 4.78 is 15.8. The van der Waals surface area contributed by atoms with Crippen LogP contribution in [0.15, 0.2) is 34.8 Å². The van der Waals surface area contributed by atoms with Crippen LogP contribution in [0.3, 0.4) is 0 Å². The van der Waals surface area contributed by atoms with Gasteiger partial charge in [0.05, 0.1) is 26.8 Å². The predicted molar refractivity (Wildman–Crippen MR) is 83.2 cm³/mol. The van der Waals surface area contributed by atoms with Crippen molar-refractivity contribution in [3.8, 4) is 5.69 Å². The van der Waals surface area contributed by atoms with E-state index < -0.39 is 5.82 Å². The third-order valence-corrected chi connectivity index (χ3v) is 3.92. The quantitative estimate of drug-likeness (QED) is 0.663. The van der Waals surface area contributed by atoms with Crippen LogP contribution in [0.5, 0.6) is 0 Å². The standard InChI is InChI=1S/C13H7BrCl2FN3/c14-6-1-2-11-10(3-6)19-13(18)20(11)12-8(15)4-7(17)5-9(12)16/h1-5H,(H2,18,19). The Labute approximate surface area is 132 Å². The number of rotatable bonds is 1. The minimum absolute atomic E-state index is 0.170. The van der Waals surface area contributed by atoms with Crippen molar-refractivity contribution >= 4 is 56.1 Å². The first-order valence-electron chi connectivity index (χ1n) is 5.56. The molecule has 0 saturated heterocycles. The van der Waals surface area contributed by atoms with Crippen LogP contribution in [0.4, 0.5) is 10.3 Å². The molecule has 0 amide bonds. The molecule has 0 unspecified atom stereocenters. The van der Waals surface area contributed by atoms with Gasteiger partial charge >= 0.3 is 0 Å². The largest absolute Gasteiger partial charge is 0.369 e. The van der Waals surface area contributed by atoms with E-state index in [1.807, 2.05) is 18.2 Å². The first kappa shape index (κ1) is 13.7. The van der Waals surface area contributed by atoms with Gasteiger partial charge in [0, 0.05) is 4.47 Å². The summed E-state index contributed by atoms with van der Waals surface area (Å²) in [5.41, 5.74) is 7.78. The van der Waals surface area contributed by atoms with Crippen molar-refractivity contribution in [2.75, 3.05) is 5.73 Å². The fraction of sp³-hybridized carbons (Fsp3) is 0. The molecule has 0 saturated carbocycles. The Morgan fingerprint density at radius 2 is 1.80 bits per heavy atom. The minimum atomic E-state index is -0.505. The van der Waals surface area contributed by atoms with E-state index in [0.717, 1.165) is 9.99 Å². The van der Waals surface area contributed by atoms with Crippen molar-refractivity contribution in [1.82, 2.24) is 9.55 Å². The van der Waals surface area contributed by atoms with E-state index in [1.165, 1.54) is 12.1 Å². The monoisotopic (exact) mass is 373 g/mol. The Bertz CT molecular complexity index is 809. The van der Waals surface area contributed by atoms with Crippen molar-refractivity contribution in [1.29, 1.82) is 0 Å². The second-order valence-corrected chi connectivity index (χ2v) is 5.89. The summed E-state index contributed by atoms with van der Waals surface area (Å²) in [6.45, 7) is 0. The summed E-state index contributed by atoms with van der Waals surface area (Å²) in [5.74, 6) is -0.275. The molecule has 0 bridgehead atoms. The van der Waals surface area contributed by atoms with E-state index in [0.29, 0.717) is 11.2 Å². The lowest BCUT2D eigenvalue weighted by Crippen LogP contribution is -2.02. The summed E-state index contributed by atoms with van der Waals surface area (Å²) in [4.78, 5) is 4.25. The molecule has 3 aromatic rings. The highest BCUT2D eigenvalue weighted by atomic mass is 79.9. The minimum Gasteiger partial charge on any atom is -0.369 e. The van der Waals surface area contributed by atoms with Crippen molar-refractivity contribution < 1.29 is 4.39 Å². The van der Waals surface area contributed by atoms with Gasteiger partial charge in [0.25, 0.3) is 0 Å². The number of halogens is 4. The lowest BCUT2D eigenvalue weighted by atomic mass is 10.2. The number of nitrogens with zero attached hydrogens (tertiary/aromatic N) is 2. The Balaban J connectivity index is 2.38. The molecule has 3 nitrogen and oxygen atoms in total. The zero-order chi connectivity index (χ0) is 14.4. The van der Waals surface area contributed by atoms with E-state index in [9.17, 15) is 4.39 Å². The number of nitrogens with two attached hydrogens (primary N) is 1. The molecule has 2 N–H and O–H groups in total. The number of hydrogen-bond acceptors (Lipinski definition) is 2. The summed E-state index contributed by atoms with van der Waals surface area (Å²) in [6, 6.07) is 7.89. The molecule has 0 atom stereocenters. The number of benzene rings is 2. The molecule has 0 aliphatic heterocycles. The van der Waals surface area contributed by atoms with Crippen molar-refractivity contribution in [3.05, 3.63) is 50.7 Å². The second-order valence-electron chi connectivity index (χ2n) is 4.16. The maximum Gasteiger partial charge on any atom is 0.206 e. The molecular formula is C13H7BrCl2FN3. The molecule has 0 spiro atoms. The lowest BCUT2D eigenvalue weighted by molar-refractivity contribution is 0.627. The van der Waals surface area contributed by atoms with E-state index in [4.69, 9.17) is 28.9 Å². The second kappa shape index (κ2) is 4.91. The topological polar surface area (TPSA) is 43.8 Å². The van der Waals surface area contributed by atoms with Crippen molar-refractivity contribution in [2.24, 2.45) is 0 Å². The molecule has 0 aliphatic carbocycles. The molecule has 0 fully saturated rings. The van der Waals surface area contributed by atoms with Crippen LogP contribution in [0, 0.1) is 5.82 Å². The van der Waals surface area contributed by atoms with Gasteiger partial charge in [-0.25, -0.2) is 9.37 Å². The third kappa shape index (κ3) is 2.16. The molecule has 102 valence electrons. The number of aromatic nitrogens is 2. The summed E-state index contributed by atoms with van der Waals surface area (Å²) in [6.07, 6.45) is 0. The van der Waals surface area contributed by atoms with E-state index in [2.05, 4.69) is 20.9 Å². The van der Waals surface area contributed by atoms with Gasteiger partial charge in [-0.1, -0.05) is 39.1 Å². The average molecular weight is 375 g/mol. The van der Waals surface area contributed by atoms with Crippen LogP contribution >= 0.6 is 39.1 Å². The van der Waals surface area contributed by atoms with Crippen LogP contribution in [-0.4, -0.2) is 9.55 Å². The van der Waals surface area contributed by atoms with Gasteiger partial charge in [-0.15, -0.1) is 0 Å². The van der Waals surface area contributed by atoms with E-state index in [1.54, 1.807) is 4.57 Å². The Morgan fingerprint density at radius 1 is 1.15 bits per heavy atom. The highest BCUT2D eigenvalue weighted by molar-refractivity contribution is 9.10. The highest BCUT2D eigenvalue weighted by Crippen LogP contribution is 2.34. The molecule has 7 heteroatoms.